The van der Waals surface area contributed by atoms with Crippen molar-refractivity contribution in [2.45, 2.75) is 44.6 Å². The molecule has 4 bridgehead atoms. The number of benzene rings is 1. The van der Waals surface area contributed by atoms with E-state index in [0.29, 0.717) is 18.6 Å². The van der Waals surface area contributed by atoms with Gasteiger partial charge in [0.2, 0.25) is 0 Å². The van der Waals surface area contributed by atoms with Crippen molar-refractivity contribution in [3.05, 3.63) is 30.5 Å². The molecule has 0 unspecified atom stereocenters. The zero-order chi connectivity index (χ0) is 17.6. The van der Waals surface area contributed by atoms with Crippen molar-refractivity contribution in [2.24, 2.45) is 23.2 Å². The van der Waals surface area contributed by atoms with Crippen LogP contribution in [0.15, 0.2) is 30.5 Å². The van der Waals surface area contributed by atoms with Gasteiger partial charge in [-0.15, -0.1) is 12.4 Å². The Kier molecular flexibility index (Phi) is 5.41. The Balaban J connectivity index is 0.00000180. The molecule has 1 atom stereocenters. The summed E-state index contributed by atoms with van der Waals surface area (Å²) >= 11 is 0. The van der Waals surface area contributed by atoms with Gasteiger partial charge < -0.3 is 20.1 Å². The Hall–Kier alpha value is -1.23. The summed E-state index contributed by atoms with van der Waals surface area (Å²) in [5, 5.41) is 15.0. The van der Waals surface area contributed by atoms with Crippen molar-refractivity contribution in [3.63, 3.8) is 0 Å². The van der Waals surface area contributed by atoms with Crippen molar-refractivity contribution in [2.75, 3.05) is 19.7 Å². The molecule has 4 aliphatic carbocycles. The third-order valence-electron chi connectivity index (χ3n) is 7.03. The fourth-order valence-electron chi connectivity index (χ4n) is 6.44. The van der Waals surface area contributed by atoms with Gasteiger partial charge in [0.05, 0.1) is 0 Å². The molecule has 6 rings (SSSR count). The number of rotatable bonds is 7. The van der Waals surface area contributed by atoms with Gasteiger partial charge in [-0.25, -0.2) is 0 Å². The van der Waals surface area contributed by atoms with Gasteiger partial charge in [-0.05, 0) is 79.9 Å². The van der Waals surface area contributed by atoms with E-state index in [1.807, 2.05) is 30.5 Å². The molecular weight excluding hydrogens is 360 g/mol. The molecule has 0 amide bonds. The SMILES string of the molecule is Cl.O[C@@H](CNCC12CC3CC(CC(C3)C1)C2)COc1cccc2[nH]ccc12. The molecule has 0 aliphatic heterocycles. The lowest BCUT2D eigenvalue weighted by atomic mass is 9.49. The summed E-state index contributed by atoms with van der Waals surface area (Å²) in [5.41, 5.74) is 1.59. The second-order valence-electron chi connectivity index (χ2n) is 9.21. The van der Waals surface area contributed by atoms with Gasteiger partial charge in [0.1, 0.15) is 18.5 Å². The van der Waals surface area contributed by atoms with Crippen LogP contribution in [0.1, 0.15) is 38.5 Å². The largest absolute Gasteiger partial charge is 0.490 e. The van der Waals surface area contributed by atoms with Gasteiger partial charge in [-0.2, -0.15) is 0 Å². The number of hydrogen-bond donors (Lipinski definition) is 3. The Morgan fingerprint density at radius 1 is 1.11 bits per heavy atom. The summed E-state index contributed by atoms with van der Waals surface area (Å²) in [6.45, 7) is 2.02. The maximum Gasteiger partial charge on any atom is 0.128 e. The first-order chi connectivity index (χ1) is 12.7. The molecule has 0 spiro atoms. The third kappa shape index (κ3) is 3.85. The first kappa shape index (κ1) is 19.1. The lowest BCUT2D eigenvalue weighted by Gasteiger charge is -2.57. The van der Waals surface area contributed by atoms with Crippen molar-refractivity contribution in [1.29, 1.82) is 0 Å². The molecule has 1 aromatic heterocycles. The van der Waals surface area contributed by atoms with Crippen molar-refractivity contribution >= 4 is 23.3 Å². The zero-order valence-corrected chi connectivity index (χ0v) is 16.6. The minimum atomic E-state index is -0.474. The lowest BCUT2D eigenvalue weighted by molar-refractivity contribution is -0.0524. The van der Waals surface area contributed by atoms with Crippen LogP contribution in [-0.4, -0.2) is 35.9 Å². The van der Waals surface area contributed by atoms with Gasteiger partial charge in [0.25, 0.3) is 0 Å². The molecule has 4 fully saturated rings. The van der Waals surface area contributed by atoms with Crippen molar-refractivity contribution in [3.8, 4) is 5.75 Å². The van der Waals surface area contributed by atoms with E-state index < -0.39 is 6.10 Å². The topological polar surface area (TPSA) is 57.3 Å². The Morgan fingerprint density at radius 3 is 2.52 bits per heavy atom. The molecule has 1 heterocycles. The number of nitrogens with one attached hydrogen (secondary N) is 2. The minimum absolute atomic E-state index is 0. The number of aromatic amines is 1. The first-order valence-corrected chi connectivity index (χ1v) is 10.3. The molecule has 4 nitrogen and oxygen atoms in total. The van der Waals surface area contributed by atoms with Gasteiger partial charge >= 0.3 is 0 Å². The highest BCUT2D eigenvalue weighted by atomic mass is 35.5. The van der Waals surface area contributed by atoms with Crippen LogP contribution in [0.4, 0.5) is 0 Å². The van der Waals surface area contributed by atoms with Crippen LogP contribution >= 0.6 is 12.4 Å². The lowest BCUT2D eigenvalue weighted by Crippen LogP contribution is -2.51. The molecule has 2 aromatic rings. The summed E-state index contributed by atoms with van der Waals surface area (Å²) in [6, 6.07) is 7.99. The van der Waals surface area contributed by atoms with Crippen LogP contribution in [0.5, 0.6) is 5.75 Å². The van der Waals surface area contributed by atoms with E-state index in [1.54, 1.807) is 0 Å². The van der Waals surface area contributed by atoms with E-state index in [-0.39, 0.29) is 12.4 Å². The zero-order valence-electron chi connectivity index (χ0n) is 15.8. The monoisotopic (exact) mass is 390 g/mol. The summed E-state index contributed by atoms with van der Waals surface area (Å²) in [5.74, 6) is 3.79. The second-order valence-corrected chi connectivity index (χ2v) is 9.21. The van der Waals surface area contributed by atoms with Gasteiger partial charge in [0.15, 0.2) is 0 Å². The Bertz CT molecular complexity index is 739. The number of H-pyrrole nitrogens is 1. The van der Waals surface area contributed by atoms with Gasteiger partial charge in [-0.3, -0.25) is 0 Å². The molecule has 1 aromatic carbocycles. The predicted octanol–water partition coefficient (Wildman–Crippen LogP) is 4.14. The third-order valence-corrected chi connectivity index (χ3v) is 7.03. The van der Waals surface area contributed by atoms with Crippen molar-refractivity contribution < 1.29 is 9.84 Å². The van der Waals surface area contributed by atoms with E-state index in [4.69, 9.17) is 4.74 Å². The summed E-state index contributed by atoms with van der Waals surface area (Å²) < 4.78 is 5.88. The van der Waals surface area contributed by atoms with Crippen LogP contribution in [0.25, 0.3) is 10.9 Å². The maximum atomic E-state index is 10.4. The average Bonchev–Trinajstić information content (AvgIpc) is 3.08. The van der Waals surface area contributed by atoms with E-state index >= 15 is 0 Å². The number of aliphatic hydroxyl groups excluding tert-OH is 1. The molecule has 3 N–H and O–H groups in total. The van der Waals surface area contributed by atoms with E-state index in [2.05, 4.69) is 10.3 Å². The maximum absolute atomic E-state index is 10.4. The summed E-state index contributed by atoms with van der Waals surface area (Å²) in [7, 11) is 0. The van der Waals surface area contributed by atoms with E-state index in [9.17, 15) is 5.11 Å². The van der Waals surface area contributed by atoms with Gasteiger partial charge in [-0.1, -0.05) is 6.07 Å². The fourth-order valence-corrected chi connectivity index (χ4v) is 6.44. The number of aliphatic hydroxyl groups is 1. The normalized spacial score (nSPS) is 32.4. The molecule has 148 valence electrons. The molecule has 4 saturated carbocycles. The highest BCUT2D eigenvalue weighted by Crippen LogP contribution is 2.59. The summed E-state index contributed by atoms with van der Waals surface area (Å²) in [6.07, 6.45) is 10.1. The Morgan fingerprint density at radius 2 is 1.81 bits per heavy atom. The molecule has 5 heteroatoms. The number of ether oxygens (including phenoxy) is 1. The molecule has 0 radical (unpaired) electrons. The number of hydrogen-bond acceptors (Lipinski definition) is 3. The number of fused-ring (bicyclic) bond motifs is 1. The summed E-state index contributed by atoms with van der Waals surface area (Å²) in [4.78, 5) is 3.19. The van der Waals surface area contributed by atoms with E-state index in [0.717, 1.165) is 41.0 Å². The number of aromatic nitrogens is 1. The predicted molar refractivity (Wildman–Crippen MR) is 111 cm³/mol. The molecule has 27 heavy (non-hydrogen) atoms. The van der Waals surface area contributed by atoms with Crippen LogP contribution in [0.2, 0.25) is 0 Å². The first-order valence-electron chi connectivity index (χ1n) is 10.3. The molecule has 4 aliphatic rings. The highest BCUT2D eigenvalue weighted by molar-refractivity contribution is 5.86. The number of halogens is 1. The molecular formula is C22H31ClN2O2. The van der Waals surface area contributed by atoms with Crippen LogP contribution < -0.4 is 10.1 Å². The second kappa shape index (κ2) is 7.65. The Labute approximate surface area is 167 Å². The smallest absolute Gasteiger partial charge is 0.128 e. The fraction of sp³-hybridized carbons (Fsp3) is 0.636. The van der Waals surface area contributed by atoms with Crippen LogP contribution in [0.3, 0.4) is 0 Å². The van der Waals surface area contributed by atoms with E-state index in [1.165, 1.54) is 38.5 Å². The highest BCUT2D eigenvalue weighted by Gasteiger charge is 2.50. The van der Waals surface area contributed by atoms with Gasteiger partial charge in [0, 0.05) is 30.2 Å². The van der Waals surface area contributed by atoms with Crippen molar-refractivity contribution in [1.82, 2.24) is 10.3 Å². The molecule has 0 saturated heterocycles. The van der Waals surface area contributed by atoms with Crippen LogP contribution in [0, 0.1) is 23.2 Å². The minimum Gasteiger partial charge on any atom is -0.490 e. The average molecular weight is 391 g/mol. The standard InChI is InChI=1S/C22H30N2O2.ClH/c25-18(13-26-21-3-1-2-20-19(21)4-5-24-20)12-23-14-22-9-15-6-16(10-22)8-17(7-15)11-22;/h1-5,15-18,23-25H,6-14H2;1H/t15?,16?,17?,18-,22?;/m0./s1. The quantitative estimate of drug-likeness (QED) is 0.666. The van der Waals surface area contributed by atoms with Crippen LogP contribution in [-0.2, 0) is 0 Å².